The van der Waals surface area contributed by atoms with Crippen LogP contribution in [0, 0.1) is 0 Å². The first kappa shape index (κ1) is 18.8. The molecule has 3 heterocycles. The number of aromatic nitrogens is 4. The molecular formula is C18H11Cl2F3N4O. The van der Waals surface area contributed by atoms with E-state index in [4.69, 9.17) is 27.7 Å². The Labute approximate surface area is 166 Å². The predicted octanol–water partition coefficient (Wildman–Crippen LogP) is 5.94. The summed E-state index contributed by atoms with van der Waals surface area (Å²) in [6.45, 7) is 2.01. The van der Waals surface area contributed by atoms with Gasteiger partial charge in [0.05, 0.1) is 15.6 Å². The van der Waals surface area contributed by atoms with E-state index < -0.39 is 11.7 Å². The summed E-state index contributed by atoms with van der Waals surface area (Å²) in [7, 11) is 0. The van der Waals surface area contributed by atoms with Crippen molar-refractivity contribution in [3.8, 4) is 23.0 Å². The molecule has 0 saturated heterocycles. The average molecular weight is 427 g/mol. The van der Waals surface area contributed by atoms with Gasteiger partial charge in [-0.05, 0) is 30.2 Å². The smallest absolute Gasteiger partial charge is 0.332 e. The fourth-order valence-electron chi connectivity index (χ4n) is 2.71. The molecule has 4 aromatic rings. The van der Waals surface area contributed by atoms with Gasteiger partial charge in [0.1, 0.15) is 5.69 Å². The maximum atomic E-state index is 13.0. The molecule has 0 aliphatic carbocycles. The summed E-state index contributed by atoms with van der Waals surface area (Å²) in [5, 5.41) is 4.23. The fraction of sp³-hybridized carbons (Fsp3) is 0.167. The van der Waals surface area contributed by atoms with Gasteiger partial charge in [-0.3, -0.25) is 0 Å². The van der Waals surface area contributed by atoms with Crippen LogP contribution < -0.4 is 0 Å². The summed E-state index contributed by atoms with van der Waals surface area (Å²) in [5.74, 6) is 0.292. The van der Waals surface area contributed by atoms with Crippen molar-refractivity contribution in [1.29, 1.82) is 0 Å². The van der Waals surface area contributed by atoms with Crippen LogP contribution in [0.4, 0.5) is 13.2 Å². The third-order valence-electron chi connectivity index (χ3n) is 4.16. The Morgan fingerprint density at radius 3 is 2.54 bits per heavy atom. The predicted molar refractivity (Wildman–Crippen MR) is 98.3 cm³/mol. The zero-order valence-corrected chi connectivity index (χ0v) is 15.8. The monoisotopic (exact) mass is 426 g/mol. The van der Waals surface area contributed by atoms with Crippen molar-refractivity contribution in [3.05, 3.63) is 57.8 Å². The van der Waals surface area contributed by atoms with Gasteiger partial charge in [-0.15, -0.1) is 0 Å². The van der Waals surface area contributed by atoms with Crippen LogP contribution in [0.15, 0.2) is 41.2 Å². The van der Waals surface area contributed by atoms with Gasteiger partial charge in [0.25, 0.3) is 5.89 Å². The van der Waals surface area contributed by atoms with Gasteiger partial charge in [-0.25, -0.2) is 4.98 Å². The average Bonchev–Trinajstić information content (AvgIpc) is 3.27. The number of alkyl halides is 3. The Balaban J connectivity index is 1.75. The Bertz CT molecular complexity index is 1180. The van der Waals surface area contributed by atoms with Crippen LogP contribution in [0.2, 0.25) is 10.0 Å². The lowest BCUT2D eigenvalue weighted by Gasteiger charge is -2.07. The van der Waals surface area contributed by atoms with E-state index in [-0.39, 0.29) is 28.1 Å². The number of hydrogen-bond acceptors (Lipinski definition) is 4. The van der Waals surface area contributed by atoms with E-state index in [1.807, 2.05) is 19.1 Å². The van der Waals surface area contributed by atoms with E-state index in [2.05, 4.69) is 15.1 Å². The van der Waals surface area contributed by atoms with Gasteiger partial charge in [-0.1, -0.05) is 41.3 Å². The molecule has 4 rings (SSSR count). The maximum Gasteiger partial charge on any atom is 0.417 e. The minimum absolute atomic E-state index is 0.0407. The molecular weight excluding hydrogens is 416 g/mol. The zero-order chi connectivity index (χ0) is 20.1. The molecule has 0 aliphatic heterocycles. The Kier molecular flexibility index (Phi) is 4.55. The molecule has 0 aliphatic rings. The van der Waals surface area contributed by atoms with Crippen LogP contribution in [0.3, 0.4) is 0 Å². The number of nitrogens with zero attached hydrogens (tertiary/aromatic N) is 4. The number of benzene rings is 1. The quantitative estimate of drug-likeness (QED) is 0.406. The van der Waals surface area contributed by atoms with Crippen molar-refractivity contribution >= 4 is 28.8 Å². The van der Waals surface area contributed by atoms with E-state index >= 15 is 0 Å². The number of aryl methyl sites for hydroxylation is 1. The highest BCUT2D eigenvalue weighted by atomic mass is 35.5. The number of fused-ring (bicyclic) bond motifs is 1. The minimum atomic E-state index is -4.53. The highest BCUT2D eigenvalue weighted by Gasteiger charge is 2.32. The molecule has 0 unspecified atom stereocenters. The number of halogens is 5. The highest BCUT2D eigenvalue weighted by molar-refractivity contribution is 6.33. The van der Waals surface area contributed by atoms with E-state index in [1.54, 1.807) is 6.07 Å². The standard InChI is InChI=1S/C18H11Cl2F3N4O/c1-2-9-3-4-11(12(19)5-9)15-25-17(28-26-15)14-8-27-7-10(18(21,22)23)6-13(20)16(27)24-14/h3-8H,2H2,1H3. The first-order chi connectivity index (χ1) is 13.3. The lowest BCUT2D eigenvalue weighted by molar-refractivity contribution is -0.137. The molecule has 0 saturated carbocycles. The van der Waals surface area contributed by atoms with Gasteiger partial charge in [0, 0.05) is 18.0 Å². The van der Waals surface area contributed by atoms with Gasteiger partial charge in [0.15, 0.2) is 5.65 Å². The zero-order valence-electron chi connectivity index (χ0n) is 14.3. The van der Waals surface area contributed by atoms with Crippen molar-refractivity contribution in [2.24, 2.45) is 0 Å². The van der Waals surface area contributed by atoms with E-state index in [9.17, 15) is 13.2 Å². The second-order valence-electron chi connectivity index (χ2n) is 6.02. The Morgan fingerprint density at radius 1 is 1.07 bits per heavy atom. The van der Waals surface area contributed by atoms with Crippen LogP contribution in [0.25, 0.3) is 28.6 Å². The summed E-state index contributed by atoms with van der Waals surface area (Å²) in [6, 6.07) is 6.32. The van der Waals surface area contributed by atoms with Crippen LogP contribution in [-0.4, -0.2) is 19.5 Å². The molecule has 0 radical (unpaired) electrons. The van der Waals surface area contributed by atoms with Gasteiger partial charge in [-0.2, -0.15) is 18.2 Å². The molecule has 0 N–H and O–H groups in total. The SMILES string of the molecule is CCc1ccc(-c2noc(-c3cn4cc(C(F)(F)F)cc(Cl)c4n3)n2)c(Cl)c1. The Hall–Kier alpha value is -2.58. The molecule has 3 aromatic heterocycles. The second kappa shape index (κ2) is 6.79. The summed E-state index contributed by atoms with van der Waals surface area (Å²) >= 11 is 12.2. The van der Waals surface area contributed by atoms with Crippen molar-refractivity contribution in [3.63, 3.8) is 0 Å². The van der Waals surface area contributed by atoms with Crippen LogP contribution >= 0.6 is 23.2 Å². The normalized spacial score (nSPS) is 12.1. The van der Waals surface area contributed by atoms with Crippen LogP contribution in [0.1, 0.15) is 18.1 Å². The molecule has 0 fully saturated rings. The summed E-state index contributed by atoms with van der Waals surface area (Å²) in [6.07, 6.45) is -1.45. The summed E-state index contributed by atoms with van der Waals surface area (Å²) < 4.78 is 45.3. The molecule has 0 atom stereocenters. The van der Waals surface area contributed by atoms with Gasteiger partial charge in [0.2, 0.25) is 5.82 Å². The van der Waals surface area contributed by atoms with Crippen LogP contribution in [-0.2, 0) is 12.6 Å². The van der Waals surface area contributed by atoms with Crippen LogP contribution in [0.5, 0.6) is 0 Å². The lowest BCUT2D eigenvalue weighted by Crippen LogP contribution is -2.06. The number of rotatable bonds is 3. The lowest BCUT2D eigenvalue weighted by atomic mass is 10.1. The van der Waals surface area contributed by atoms with Crippen molar-refractivity contribution in [1.82, 2.24) is 19.5 Å². The van der Waals surface area contributed by atoms with Crippen molar-refractivity contribution in [2.45, 2.75) is 19.5 Å². The summed E-state index contributed by atoms with van der Waals surface area (Å²) in [4.78, 5) is 8.46. The first-order valence-corrected chi connectivity index (χ1v) is 8.90. The molecule has 0 spiro atoms. The molecule has 10 heteroatoms. The van der Waals surface area contributed by atoms with E-state index in [0.717, 1.165) is 24.2 Å². The Morgan fingerprint density at radius 2 is 1.86 bits per heavy atom. The van der Waals surface area contributed by atoms with Crippen molar-refractivity contribution < 1.29 is 17.7 Å². The van der Waals surface area contributed by atoms with Gasteiger partial charge >= 0.3 is 6.18 Å². The second-order valence-corrected chi connectivity index (χ2v) is 6.84. The molecule has 5 nitrogen and oxygen atoms in total. The third kappa shape index (κ3) is 3.33. The topological polar surface area (TPSA) is 56.2 Å². The summed E-state index contributed by atoms with van der Waals surface area (Å²) in [5.41, 5.74) is 1.10. The number of imidazole rings is 1. The molecule has 144 valence electrons. The number of pyridine rings is 1. The van der Waals surface area contributed by atoms with E-state index in [0.29, 0.717) is 10.6 Å². The maximum absolute atomic E-state index is 13.0. The van der Waals surface area contributed by atoms with Gasteiger partial charge < -0.3 is 8.92 Å². The minimum Gasteiger partial charge on any atom is -0.332 e. The van der Waals surface area contributed by atoms with E-state index in [1.165, 1.54) is 10.6 Å². The highest BCUT2D eigenvalue weighted by Crippen LogP contribution is 2.33. The molecule has 28 heavy (non-hydrogen) atoms. The number of hydrogen-bond donors (Lipinski definition) is 0. The first-order valence-electron chi connectivity index (χ1n) is 8.14. The molecule has 0 bridgehead atoms. The fourth-order valence-corrected chi connectivity index (χ4v) is 3.26. The molecule has 1 aromatic carbocycles. The van der Waals surface area contributed by atoms with Crippen molar-refractivity contribution in [2.75, 3.05) is 0 Å². The third-order valence-corrected chi connectivity index (χ3v) is 4.75. The largest absolute Gasteiger partial charge is 0.417 e. The molecule has 0 amide bonds.